The zero-order valence-corrected chi connectivity index (χ0v) is 22.1. The van der Waals surface area contributed by atoms with Crippen LogP contribution in [-0.2, 0) is 19.2 Å². The second kappa shape index (κ2) is 11.9. The number of nitrogens with zero attached hydrogens (tertiary/aromatic N) is 3. The van der Waals surface area contributed by atoms with Gasteiger partial charge < -0.3 is 10.0 Å². The number of Topliss-reactive ketones (excluding diaryl/α,β-unsaturated/α-hetero) is 1. The van der Waals surface area contributed by atoms with Gasteiger partial charge in [-0.05, 0) is 37.8 Å². The number of halogens is 1. The van der Waals surface area contributed by atoms with Gasteiger partial charge in [-0.15, -0.1) is 0 Å². The van der Waals surface area contributed by atoms with Gasteiger partial charge >= 0.3 is 5.97 Å². The summed E-state index contributed by atoms with van der Waals surface area (Å²) < 4.78 is 14.8. The number of carboxylic acids is 1. The third-order valence-electron chi connectivity index (χ3n) is 7.43. The van der Waals surface area contributed by atoms with Crippen molar-refractivity contribution in [2.24, 2.45) is 5.92 Å². The molecular weight excluding hydrogens is 497 g/mol. The number of hydrogen-bond acceptors (Lipinski definition) is 7. The Kier molecular flexibility index (Phi) is 8.82. The largest absolute Gasteiger partial charge is 0.480 e. The minimum absolute atomic E-state index is 0.00332. The summed E-state index contributed by atoms with van der Waals surface area (Å²) in [5.41, 5.74) is 1.33. The highest BCUT2D eigenvalue weighted by molar-refractivity contribution is 8.14. The molecule has 1 aromatic carbocycles. The van der Waals surface area contributed by atoms with E-state index in [1.54, 1.807) is 34.9 Å². The molecule has 8 nitrogen and oxygen atoms in total. The zero-order chi connectivity index (χ0) is 26.7. The molecule has 4 rings (SSSR count). The van der Waals surface area contributed by atoms with Crippen LogP contribution in [0.15, 0.2) is 35.9 Å². The smallest absolute Gasteiger partial charge is 0.320 e. The molecule has 37 heavy (non-hydrogen) atoms. The molecule has 1 amide bonds. The average Bonchev–Trinajstić information content (AvgIpc) is 3.70. The van der Waals surface area contributed by atoms with Crippen molar-refractivity contribution in [2.45, 2.75) is 50.4 Å². The topological polar surface area (TPSA) is 98.2 Å². The lowest BCUT2D eigenvalue weighted by molar-refractivity contribution is -0.146. The second-order valence-electron chi connectivity index (χ2n) is 10.1. The number of carbonyl (C=O) groups excluding carboxylic acids is 3. The van der Waals surface area contributed by atoms with Crippen LogP contribution in [0.2, 0.25) is 0 Å². The van der Waals surface area contributed by atoms with E-state index in [1.807, 2.05) is 11.0 Å². The Morgan fingerprint density at radius 3 is 2.46 bits per heavy atom. The lowest BCUT2D eigenvalue weighted by Crippen LogP contribution is -2.54. The molecule has 0 bridgehead atoms. The Bertz CT molecular complexity index is 1090. The van der Waals surface area contributed by atoms with Crippen molar-refractivity contribution in [2.75, 3.05) is 39.3 Å². The molecular formula is C27H34FN3O5S. The number of thioether (sulfide) groups is 1. The molecule has 3 unspecified atom stereocenters. The number of aliphatic carboxylic acids is 1. The Morgan fingerprint density at radius 1 is 1.11 bits per heavy atom. The van der Waals surface area contributed by atoms with Gasteiger partial charge in [0.15, 0.2) is 10.9 Å². The van der Waals surface area contributed by atoms with Gasteiger partial charge in [0.25, 0.3) is 0 Å². The molecule has 3 aliphatic rings. The number of carboxylic acid groups (broad SMARTS) is 1. The minimum atomic E-state index is -0.958. The van der Waals surface area contributed by atoms with Gasteiger partial charge in [-0.3, -0.25) is 29.0 Å². The Balaban J connectivity index is 1.52. The molecule has 1 aromatic rings. The summed E-state index contributed by atoms with van der Waals surface area (Å²) >= 11 is 1.25. The number of benzene rings is 1. The number of rotatable bonds is 9. The summed E-state index contributed by atoms with van der Waals surface area (Å²) in [4.78, 5) is 54.6. The quantitative estimate of drug-likeness (QED) is 0.486. The molecule has 0 aromatic heterocycles. The summed E-state index contributed by atoms with van der Waals surface area (Å²) in [5.74, 6) is -1.50. The van der Waals surface area contributed by atoms with Crippen molar-refractivity contribution in [3.63, 3.8) is 0 Å². The van der Waals surface area contributed by atoms with Crippen LogP contribution in [0.1, 0.15) is 44.7 Å². The molecule has 1 saturated carbocycles. The van der Waals surface area contributed by atoms with E-state index in [2.05, 4.69) is 0 Å². The van der Waals surface area contributed by atoms with E-state index in [4.69, 9.17) is 0 Å². The van der Waals surface area contributed by atoms with E-state index in [9.17, 15) is 28.7 Å². The van der Waals surface area contributed by atoms with Crippen LogP contribution < -0.4 is 0 Å². The third kappa shape index (κ3) is 6.66. The first-order chi connectivity index (χ1) is 17.7. The maximum absolute atomic E-state index is 14.8. The van der Waals surface area contributed by atoms with Crippen molar-refractivity contribution in [3.05, 3.63) is 47.3 Å². The zero-order valence-electron chi connectivity index (χ0n) is 21.3. The SMILES string of the molecule is CC(=O)SC1CCN(C(C(=O)C2CC2)c2ccccc2F)C/C1=C\CN1CCN(C(C)C(=O)O)CC1=O. The summed E-state index contributed by atoms with van der Waals surface area (Å²) in [6.07, 6.45) is 4.26. The number of amides is 1. The molecule has 1 N–H and O–H groups in total. The third-order valence-corrected chi connectivity index (χ3v) is 8.58. The monoisotopic (exact) mass is 531 g/mol. The van der Waals surface area contributed by atoms with Gasteiger partial charge in [-0.2, -0.15) is 0 Å². The van der Waals surface area contributed by atoms with Crippen LogP contribution in [-0.4, -0.2) is 93.1 Å². The Hall–Kier alpha value is -2.56. The van der Waals surface area contributed by atoms with Gasteiger partial charge in [-0.25, -0.2) is 4.39 Å². The minimum Gasteiger partial charge on any atom is -0.480 e. The molecule has 0 radical (unpaired) electrons. The summed E-state index contributed by atoms with van der Waals surface area (Å²) in [5, 5.41) is 9.17. The Labute approximate surface area is 220 Å². The van der Waals surface area contributed by atoms with Crippen molar-refractivity contribution in [1.29, 1.82) is 0 Å². The van der Waals surface area contributed by atoms with Crippen LogP contribution in [0.5, 0.6) is 0 Å². The number of piperazine rings is 1. The van der Waals surface area contributed by atoms with Crippen LogP contribution in [0, 0.1) is 11.7 Å². The summed E-state index contributed by atoms with van der Waals surface area (Å²) in [6.45, 7) is 5.32. The predicted molar refractivity (Wildman–Crippen MR) is 138 cm³/mol. The van der Waals surface area contributed by atoms with E-state index in [0.717, 1.165) is 18.4 Å². The fourth-order valence-electron chi connectivity index (χ4n) is 5.09. The van der Waals surface area contributed by atoms with Gasteiger partial charge in [0.05, 0.1) is 12.6 Å². The highest BCUT2D eigenvalue weighted by Crippen LogP contribution is 2.40. The first kappa shape index (κ1) is 27.5. The van der Waals surface area contributed by atoms with Crippen LogP contribution in [0.3, 0.4) is 0 Å². The average molecular weight is 532 g/mol. The molecule has 2 aliphatic heterocycles. The molecule has 2 heterocycles. The second-order valence-corrected chi connectivity index (χ2v) is 11.4. The number of carbonyl (C=O) groups is 4. The predicted octanol–water partition coefficient (Wildman–Crippen LogP) is 2.74. The summed E-state index contributed by atoms with van der Waals surface area (Å²) in [7, 11) is 0. The molecule has 200 valence electrons. The summed E-state index contributed by atoms with van der Waals surface area (Å²) in [6, 6.07) is 5.02. The Morgan fingerprint density at radius 2 is 1.84 bits per heavy atom. The van der Waals surface area contributed by atoms with E-state index < -0.39 is 23.9 Å². The maximum atomic E-state index is 14.8. The molecule has 2 saturated heterocycles. The first-order valence-electron chi connectivity index (χ1n) is 12.8. The molecule has 3 fully saturated rings. The maximum Gasteiger partial charge on any atom is 0.320 e. The van der Waals surface area contributed by atoms with Crippen molar-refractivity contribution in [1.82, 2.24) is 14.7 Å². The number of likely N-dealkylation sites (tertiary alicyclic amines) is 1. The van der Waals surface area contributed by atoms with Crippen LogP contribution >= 0.6 is 11.8 Å². The standard InChI is InChI=1S/C27H34FN3O5S/c1-17(27(35)36)30-14-13-29(24(33)16-30)11-9-20-15-31(12-10-23(20)37-18(2)32)25(26(34)19-7-8-19)21-5-3-4-6-22(21)28/h3-6,9,17,19,23,25H,7-8,10-16H2,1-2H3,(H,35,36)/b20-9+. The number of hydrogen-bond donors (Lipinski definition) is 1. The van der Waals surface area contributed by atoms with E-state index >= 15 is 0 Å². The number of ketones is 1. The van der Waals surface area contributed by atoms with Gasteiger partial charge in [-0.1, -0.05) is 36.0 Å². The van der Waals surface area contributed by atoms with E-state index in [-0.39, 0.29) is 34.5 Å². The van der Waals surface area contributed by atoms with Crippen molar-refractivity contribution < 1.29 is 28.7 Å². The lowest BCUT2D eigenvalue weighted by atomic mass is 9.93. The highest BCUT2D eigenvalue weighted by Gasteiger charge is 2.41. The van der Waals surface area contributed by atoms with Gasteiger partial charge in [0.2, 0.25) is 5.91 Å². The first-order valence-corrected chi connectivity index (χ1v) is 13.7. The van der Waals surface area contributed by atoms with E-state index in [0.29, 0.717) is 44.7 Å². The number of piperidine rings is 1. The van der Waals surface area contributed by atoms with Crippen molar-refractivity contribution in [3.8, 4) is 0 Å². The fraction of sp³-hybridized carbons (Fsp3) is 0.556. The highest BCUT2D eigenvalue weighted by atomic mass is 32.2. The molecule has 3 atom stereocenters. The lowest BCUT2D eigenvalue weighted by Gasteiger charge is -2.39. The van der Waals surface area contributed by atoms with Gasteiger partial charge in [0, 0.05) is 56.4 Å². The van der Waals surface area contributed by atoms with Gasteiger partial charge in [0.1, 0.15) is 11.9 Å². The van der Waals surface area contributed by atoms with Crippen molar-refractivity contribution >= 4 is 34.5 Å². The molecule has 10 heteroatoms. The normalized spacial score (nSPS) is 24.2. The molecule has 0 spiro atoms. The fourth-order valence-corrected chi connectivity index (χ4v) is 6.03. The van der Waals surface area contributed by atoms with Crippen LogP contribution in [0.25, 0.3) is 0 Å². The van der Waals surface area contributed by atoms with Crippen LogP contribution in [0.4, 0.5) is 4.39 Å². The molecule has 1 aliphatic carbocycles. The van der Waals surface area contributed by atoms with E-state index in [1.165, 1.54) is 24.8 Å².